The van der Waals surface area contributed by atoms with Gasteiger partial charge in [0, 0.05) is 25.9 Å². The van der Waals surface area contributed by atoms with E-state index in [0.29, 0.717) is 28.9 Å². The summed E-state index contributed by atoms with van der Waals surface area (Å²) in [5.41, 5.74) is 11.6. The minimum Gasteiger partial charge on any atom is -0.508 e. The van der Waals surface area contributed by atoms with Crippen molar-refractivity contribution < 1.29 is 113 Å². The second-order valence-electron chi connectivity index (χ2n) is 29.9. The number of likely N-dealkylation sites (tertiary alicyclic amines) is 2. The molecule has 111 heavy (non-hydrogen) atoms. The van der Waals surface area contributed by atoms with E-state index in [-0.39, 0.29) is 43.9 Å². The normalized spacial score (nSPS) is 19.9. The molecule has 0 radical (unpaired) electrons. The Kier molecular flexibility index (Phi) is 41.5. The highest BCUT2D eigenvalue weighted by molar-refractivity contribution is 6.00. The number of nitrogens with two attached hydrogens (primary N) is 2. The van der Waals surface area contributed by atoms with Gasteiger partial charge < -0.3 is 120 Å². The predicted molar refractivity (Wildman–Crippen MR) is 401 cm³/mol. The zero-order valence-corrected chi connectivity index (χ0v) is 65.7. The molecule has 20 atom stereocenters. The minimum absolute atomic E-state index is 0.0915. The Morgan fingerprint density at radius 2 is 1.05 bits per heavy atom. The summed E-state index contributed by atoms with van der Waals surface area (Å²) < 4.78 is 0. The number of carbonyl (C=O) groups excluding carboxylic acids is 14. The average Bonchev–Trinajstić information content (AvgIpc) is 1.69. The van der Waals surface area contributed by atoms with Crippen LogP contribution in [-0.4, -0.2) is 280 Å². The van der Waals surface area contributed by atoms with E-state index in [4.69, 9.17) is 11.5 Å². The van der Waals surface area contributed by atoms with Crippen LogP contribution in [0.25, 0.3) is 0 Å². The van der Waals surface area contributed by atoms with E-state index in [0.717, 1.165) is 51.4 Å². The number of aromatic hydroxyl groups is 1. The lowest BCUT2D eigenvalue weighted by Gasteiger charge is -2.34. The maximum Gasteiger partial charge on any atom is 0.248 e. The number of β-amino-alcohol motifs (C(OH)–C–C–N with tert-alkyl or cyclic N) is 1. The van der Waals surface area contributed by atoms with Crippen LogP contribution in [-0.2, 0) is 73.5 Å². The monoisotopic (exact) mass is 1580 g/mol. The molecule has 2 aliphatic heterocycles. The largest absolute Gasteiger partial charge is 0.508 e. The number of hydrogen-bond donors (Lipinski definition) is 21. The Morgan fingerprint density at radius 3 is 1.59 bits per heavy atom. The van der Waals surface area contributed by atoms with Gasteiger partial charge in [-0.15, -0.1) is 0 Å². The summed E-state index contributed by atoms with van der Waals surface area (Å²) in [7, 11) is 0. The lowest BCUT2D eigenvalue weighted by molar-refractivity contribution is -0.147. The van der Waals surface area contributed by atoms with E-state index in [2.05, 4.69) is 60.1 Å². The van der Waals surface area contributed by atoms with Crippen LogP contribution in [0.1, 0.15) is 190 Å². The van der Waals surface area contributed by atoms with E-state index in [9.17, 15) is 113 Å². The molecule has 37 heteroatoms. The third-order valence-electron chi connectivity index (χ3n) is 19.7. The molecule has 2 saturated heterocycles. The molecule has 1 aromatic rings. The number of aliphatic hydroxyl groups is 8. The van der Waals surface area contributed by atoms with Crippen molar-refractivity contribution in [3.63, 3.8) is 0 Å². The van der Waals surface area contributed by atoms with Crippen molar-refractivity contribution in [1.29, 1.82) is 0 Å². The van der Waals surface area contributed by atoms with Crippen molar-refractivity contribution in [2.75, 3.05) is 26.2 Å². The van der Waals surface area contributed by atoms with Crippen molar-refractivity contribution in [3.8, 4) is 5.75 Å². The molecule has 2 fully saturated rings. The zero-order valence-electron chi connectivity index (χ0n) is 65.7. The standard InChI is InChI=1S/C74H124N14O23/c1-12-13-14-15-16-17-18-19-20-21-23-38(4)53(97)34-56(100)81-59(42(8)90)69(106)78-40(6)65(102)80-49(31-46-25-26-51(95)39(5)30-46)66(103)83-58(37(2)3)73(110)88-36-47(94)32-50(88)67(104)84-61(44(10)92)71(108)85-62(45(11)93)74(111)87-29-27-52(96)64(87)72(109)86-63(54(98)33-55(76)99)68(105)77-35-57(101)82-60(43(9)91)70(107)79-48(41(7)89)24-22-28-75/h25-26,30,37-38,40,42-45,47-50,52-54,58-64,90-98H,12-24,27-29,31-36,75H2,1-11H3,(H2,76,99)(H,77,105)(H,78,106)(H,79,107)(H,80,102)(H,81,100)(H,82,101)(H,83,103)(H,84,104)(H,85,108)(H,86,109)/t38?,40-,42-,43-,44-,45-,47-,48+,49+,50+,52+,53+,54?,58+,59-,60-,61-,62+,63?,64+/m1/s1. The number of carbonyl (C=O) groups is 14. The van der Waals surface area contributed by atoms with Crippen molar-refractivity contribution in [3.05, 3.63) is 29.3 Å². The van der Waals surface area contributed by atoms with Gasteiger partial charge >= 0.3 is 0 Å². The Labute approximate surface area is 647 Å². The molecular weight excluding hydrogens is 1450 g/mol. The molecule has 0 bridgehead atoms. The van der Waals surface area contributed by atoms with Crippen molar-refractivity contribution in [1.82, 2.24) is 63.0 Å². The first-order valence-corrected chi connectivity index (χ1v) is 38.4. The number of hydrogen-bond acceptors (Lipinski definition) is 24. The van der Waals surface area contributed by atoms with E-state index in [1.807, 2.05) is 6.92 Å². The number of aryl methyl sites for hydroxylation is 1. The van der Waals surface area contributed by atoms with Crippen molar-refractivity contribution in [2.45, 2.75) is 307 Å². The van der Waals surface area contributed by atoms with Crippen LogP contribution in [0, 0.1) is 18.8 Å². The number of nitrogens with one attached hydrogen (secondary N) is 10. The van der Waals surface area contributed by atoms with Gasteiger partial charge in [-0.25, -0.2) is 0 Å². The molecule has 13 amide bonds. The summed E-state index contributed by atoms with van der Waals surface area (Å²) in [5, 5.41) is 121. The molecule has 2 aliphatic rings. The molecule has 0 aliphatic carbocycles. The maximum absolute atomic E-state index is 14.8. The summed E-state index contributed by atoms with van der Waals surface area (Å²) in [4.78, 5) is 193. The molecule has 37 nitrogen and oxygen atoms in total. The molecule has 3 unspecified atom stereocenters. The Hall–Kier alpha value is -8.56. The fourth-order valence-electron chi connectivity index (χ4n) is 13.0. The third-order valence-corrected chi connectivity index (χ3v) is 19.7. The first-order valence-electron chi connectivity index (χ1n) is 38.4. The smallest absolute Gasteiger partial charge is 0.248 e. The first kappa shape index (κ1) is 96.6. The topological polar surface area (TPSA) is 600 Å². The molecule has 0 spiro atoms. The van der Waals surface area contributed by atoms with E-state index >= 15 is 0 Å². The summed E-state index contributed by atoms with van der Waals surface area (Å²) >= 11 is 0. The Morgan fingerprint density at radius 1 is 0.532 bits per heavy atom. The van der Waals surface area contributed by atoms with Gasteiger partial charge in [0.25, 0.3) is 0 Å². The number of phenols is 1. The lowest BCUT2D eigenvalue weighted by Crippen LogP contribution is -2.64. The van der Waals surface area contributed by atoms with Crippen LogP contribution in [0.3, 0.4) is 0 Å². The second kappa shape index (κ2) is 47.7. The maximum atomic E-state index is 14.8. The fourth-order valence-corrected chi connectivity index (χ4v) is 13.0. The Bertz CT molecular complexity index is 3290. The minimum atomic E-state index is -2.17. The van der Waals surface area contributed by atoms with E-state index < -0.39 is 236 Å². The molecule has 628 valence electrons. The van der Waals surface area contributed by atoms with Crippen LogP contribution < -0.4 is 64.6 Å². The van der Waals surface area contributed by atoms with Gasteiger partial charge in [0.1, 0.15) is 66.2 Å². The molecule has 23 N–H and O–H groups in total. The van der Waals surface area contributed by atoms with Gasteiger partial charge in [0.2, 0.25) is 76.8 Å². The van der Waals surface area contributed by atoms with Crippen LogP contribution in [0.5, 0.6) is 5.75 Å². The summed E-state index contributed by atoms with van der Waals surface area (Å²) in [6, 6.07) is -14.3. The van der Waals surface area contributed by atoms with Gasteiger partial charge in [0.15, 0.2) is 5.78 Å². The van der Waals surface area contributed by atoms with Crippen molar-refractivity contribution >= 4 is 82.6 Å². The number of phenolic OH excluding ortho intramolecular Hbond substituents is 1. The predicted octanol–water partition coefficient (Wildman–Crippen LogP) is -4.89. The number of nitrogens with zero attached hydrogens (tertiary/aromatic N) is 2. The number of ketones is 1. The van der Waals surface area contributed by atoms with Crippen LogP contribution >= 0.6 is 0 Å². The first-order chi connectivity index (χ1) is 52.1. The number of amides is 13. The number of aliphatic hydroxyl groups excluding tert-OH is 8. The van der Waals surface area contributed by atoms with Crippen LogP contribution in [0.4, 0.5) is 0 Å². The second-order valence-corrected chi connectivity index (χ2v) is 29.9. The highest BCUT2D eigenvalue weighted by Gasteiger charge is 2.48. The highest BCUT2D eigenvalue weighted by Crippen LogP contribution is 2.26. The van der Waals surface area contributed by atoms with Gasteiger partial charge in [-0.1, -0.05) is 104 Å². The SMILES string of the molecule is CCCCCCCCCCCCC(C)[C@@H](O)CC(=O)N[C@@H](C(=O)N[C@H](C)C(=O)N[C@@H](Cc1ccc(O)c(C)c1)C(=O)N[C@H](C(=O)N1C[C@H](O)C[C@H]1C(=O)N[C@@H](C(=O)N[C@H](C(=O)N1CC[C@H](O)[C@H]1C(=O)NC(C(=O)NCC(=O)N[C@@H](C(=O)N[C@@H](CCCN)C(C)=O)[C@@H](C)O)C(O)CC(N)=O)[C@@H](C)O)[C@@H](C)O)C(C)C)[C@@H](C)O. The number of primary amides is 1. The zero-order chi connectivity index (χ0) is 83.8. The average molecular weight is 1580 g/mol. The molecular formula is C74H124N14O23. The highest BCUT2D eigenvalue weighted by atomic mass is 16.3. The molecule has 1 aromatic carbocycles. The third kappa shape index (κ3) is 31.5. The van der Waals surface area contributed by atoms with Gasteiger partial charge in [-0.2, -0.15) is 0 Å². The Balaban J connectivity index is 1.80. The molecule has 3 rings (SSSR count). The van der Waals surface area contributed by atoms with Crippen LogP contribution in [0.2, 0.25) is 0 Å². The summed E-state index contributed by atoms with van der Waals surface area (Å²) in [6.07, 6.45) is -2.99. The van der Waals surface area contributed by atoms with E-state index in [1.54, 1.807) is 6.92 Å². The van der Waals surface area contributed by atoms with Gasteiger partial charge in [-0.05, 0) is 110 Å². The number of benzene rings is 1. The number of rotatable bonds is 49. The van der Waals surface area contributed by atoms with Gasteiger partial charge in [-0.3, -0.25) is 67.1 Å². The van der Waals surface area contributed by atoms with Crippen LogP contribution in [0.15, 0.2) is 18.2 Å². The van der Waals surface area contributed by atoms with E-state index in [1.165, 1.54) is 91.3 Å². The summed E-state index contributed by atoms with van der Waals surface area (Å²) in [5.74, 6) is -15.9. The lowest BCUT2D eigenvalue weighted by atomic mass is 9.94. The summed E-state index contributed by atoms with van der Waals surface area (Å²) in [6.45, 7) is 13.8. The molecule has 2 heterocycles. The number of Topliss-reactive ketones (excluding diaryl/α,β-unsaturated/α-hetero) is 1. The van der Waals surface area contributed by atoms with Gasteiger partial charge in [0.05, 0.1) is 74.3 Å². The molecule has 0 saturated carbocycles. The fraction of sp³-hybridized carbons (Fsp3) is 0.730. The molecule has 0 aromatic heterocycles. The number of unbranched alkanes of at least 4 members (excludes halogenated alkanes) is 9. The van der Waals surface area contributed by atoms with Crippen molar-refractivity contribution in [2.24, 2.45) is 23.3 Å². The quantitative estimate of drug-likeness (QED) is 0.0272.